The molecule has 0 aliphatic carbocycles. The molecular weight excluding hydrogens is 298 g/mol. The van der Waals surface area contributed by atoms with Crippen molar-refractivity contribution in [1.29, 1.82) is 0 Å². The third-order valence-electron chi connectivity index (χ3n) is 3.47. The summed E-state index contributed by atoms with van der Waals surface area (Å²) < 4.78 is 29.7. The number of nitrogens with zero attached hydrogens (tertiary/aromatic N) is 3. The highest BCUT2D eigenvalue weighted by atomic mass is 32.2. The summed E-state index contributed by atoms with van der Waals surface area (Å²) in [6.07, 6.45) is 0.993. The van der Waals surface area contributed by atoms with Gasteiger partial charge in [-0.3, -0.25) is 10.1 Å². The molecule has 0 unspecified atom stereocenters. The smallest absolute Gasteiger partial charge is 0.336 e. The molecule has 0 spiro atoms. The standard InChI is InChI=1S/C11H19N5O4S/c1-3-21(18,19)16-6-4-8(5-7-16)9(17)12-10-13-11(20-2)15-14-10/h8H,3-7H2,1-2H3,(H2,12,13,14,15,17). The van der Waals surface area contributed by atoms with Gasteiger partial charge in [0, 0.05) is 19.0 Å². The zero-order chi connectivity index (χ0) is 15.5. The highest BCUT2D eigenvalue weighted by Crippen LogP contribution is 2.21. The Morgan fingerprint density at radius 3 is 2.67 bits per heavy atom. The van der Waals surface area contributed by atoms with E-state index in [0.717, 1.165) is 0 Å². The Balaban J connectivity index is 1.88. The van der Waals surface area contributed by atoms with E-state index in [1.54, 1.807) is 6.92 Å². The van der Waals surface area contributed by atoms with Gasteiger partial charge in [-0.05, 0) is 19.8 Å². The van der Waals surface area contributed by atoms with E-state index in [2.05, 4.69) is 20.5 Å². The van der Waals surface area contributed by atoms with E-state index < -0.39 is 10.0 Å². The van der Waals surface area contributed by atoms with Crippen molar-refractivity contribution in [1.82, 2.24) is 19.5 Å². The molecule has 1 aromatic heterocycles. The van der Waals surface area contributed by atoms with Crippen molar-refractivity contribution in [2.24, 2.45) is 5.92 Å². The predicted molar refractivity (Wildman–Crippen MR) is 75.3 cm³/mol. The fraction of sp³-hybridized carbons (Fsp3) is 0.727. The first-order chi connectivity index (χ1) is 9.96. The second kappa shape index (κ2) is 6.39. The minimum atomic E-state index is -3.17. The summed E-state index contributed by atoms with van der Waals surface area (Å²) in [7, 11) is -1.74. The summed E-state index contributed by atoms with van der Waals surface area (Å²) in [5, 5.41) is 8.89. The molecule has 2 heterocycles. The van der Waals surface area contributed by atoms with Crippen LogP contribution in [0.2, 0.25) is 0 Å². The van der Waals surface area contributed by atoms with Crippen LogP contribution in [-0.2, 0) is 14.8 Å². The first kappa shape index (κ1) is 15.7. The maximum Gasteiger partial charge on any atom is 0.336 e. The number of anilines is 1. The molecule has 10 heteroatoms. The number of carbonyl (C=O) groups is 1. The van der Waals surface area contributed by atoms with Gasteiger partial charge in [-0.2, -0.15) is 4.98 Å². The molecule has 1 fully saturated rings. The van der Waals surface area contributed by atoms with Crippen LogP contribution < -0.4 is 10.1 Å². The number of aromatic nitrogens is 3. The first-order valence-electron chi connectivity index (χ1n) is 6.71. The van der Waals surface area contributed by atoms with Crippen LogP contribution in [0.25, 0.3) is 0 Å². The lowest BCUT2D eigenvalue weighted by molar-refractivity contribution is -0.121. The third-order valence-corrected chi connectivity index (χ3v) is 5.35. The normalized spacial score (nSPS) is 17.6. The van der Waals surface area contributed by atoms with Gasteiger partial charge in [-0.1, -0.05) is 0 Å². The minimum Gasteiger partial charge on any atom is -0.466 e. The van der Waals surface area contributed by atoms with E-state index >= 15 is 0 Å². The van der Waals surface area contributed by atoms with Gasteiger partial charge in [0.25, 0.3) is 0 Å². The van der Waals surface area contributed by atoms with Crippen molar-refractivity contribution in [2.45, 2.75) is 19.8 Å². The Hall–Kier alpha value is -1.68. The van der Waals surface area contributed by atoms with Gasteiger partial charge in [0.05, 0.1) is 12.9 Å². The molecule has 1 aromatic rings. The lowest BCUT2D eigenvalue weighted by Gasteiger charge is -2.29. The number of hydrogen-bond acceptors (Lipinski definition) is 6. The van der Waals surface area contributed by atoms with E-state index in [0.29, 0.717) is 25.9 Å². The summed E-state index contributed by atoms with van der Waals surface area (Å²) in [5.74, 6) is -0.117. The second-order valence-corrected chi connectivity index (χ2v) is 6.99. The van der Waals surface area contributed by atoms with Crippen LogP contribution >= 0.6 is 0 Å². The van der Waals surface area contributed by atoms with Crippen LogP contribution in [0.4, 0.5) is 5.95 Å². The fourth-order valence-corrected chi connectivity index (χ4v) is 3.32. The molecule has 0 aromatic carbocycles. The summed E-state index contributed by atoms with van der Waals surface area (Å²) in [5.41, 5.74) is 0. The molecule has 1 saturated heterocycles. The number of H-pyrrole nitrogens is 1. The Kier molecular flexibility index (Phi) is 4.78. The number of aromatic amines is 1. The van der Waals surface area contributed by atoms with Crippen molar-refractivity contribution >= 4 is 21.9 Å². The van der Waals surface area contributed by atoms with Crippen LogP contribution in [0.3, 0.4) is 0 Å². The number of methoxy groups -OCH3 is 1. The van der Waals surface area contributed by atoms with Crippen LogP contribution in [-0.4, -0.2) is 59.8 Å². The predicted octanol–water partition coefficient (Wildman–Crippen LogP) is -0.186. The topological polar surface area (TPSA) is 117 Å². The molecule has 21 heavy (non-hydrogen) atoms. The van der Waals surface area contributed by atoms with E-state index in [1.165, 1.54) is 11.4 Å². The van der Waals surface area contributed by atoms with Gasteiger partial charge in [-0.15, -0.1) is 5.10 Å². The van der Waals surface area contributed by atoms with Gasteiger partial charge in [0.15, 0.2) is 0 Å². The van der Waals surface area contributed by atoms with Gasteiger partial charge < -0.3 is 4.74 Å². The van der Waals surface area contributed by atoms with Crippen LogP contribution in [0.15, 0.2) is 0 Å². The Bertz CT molecular complexity index is 592. The molecule has 0 bridgehead atoms. The van der Waals surface area contributed by atoms with Gasteiger partial charge >= 0.3 is 6.01 Å². The van der Waals surface area contributed by atoms with Gasteiger partial charge in [-0.25, -0.2) is 17.8 Å². The first-order valence-corrected chi connectivity index (χ1v) is 8.32. The van der Waals surface area contributed by atoms with Crippen LogP contribution in [0, 0.1) is 5.92 Å². The number of rotatable bonds is 5. The number of carbonyl (C=O) groups excluding carboxylic acids is 1. The lowest BCUT2D eigenvalue weighted by atomic mass is 9.97. The number of ether oxygens (including phenoxy) is 1. The third kappa shape index (κ3) is 3.70. The van der Waals surface area contributed by atoms with Crippen LogP contribution in [0.5, 0.6) is 6.01 Å². The highest BCUT2D eigenvalue weighted by molar-refractivity contribution is 7.89. The van der Waals surface area contributed by atoms with E-state index in [4.69, 9.17) is 4.74 Å². The average Bonchev–Trinajstić information content (AvgIpc) is 2.95. The Labute approximate surface area is 123 Å². The summed E-state index contributed by atoms with van der Waals surface area (Å²) in [6, 6.07) is 0.147. The fourth-order valence-electron chi connectivity index (χ4n) is 2.19. The molecule has 9 nitrogen and oxygen atoms in total. The molecular formula is C11H19N5O4S. The number of sulfonamides is 1. The van der Waals surface area contributed by atoms with Crippen molar-refractivity contribution in [3.05, 3.63) is 0 Å². The molecule has 0 radical (unpaired) electrons. The molecule has 0 atom stereocenters. The molecule has 1 aliphatic rings. The van der Waals surface area contributed by atoms with Crippen molar-refractivity contribution in [3.8, 4) is 6.01 Å². The molecule has 1 amide bonds. The maximum atomic E-state index is 12.1. The van der Waals surface area contributed by atoms with Crippen molar-refractivity contribution in [2.75, 3.05) is 31.3 Å². The second-order valence-electron chi connectivity index (χ2n) is 4.73. The van der Waals surface area contributed by atoms with E-state index in [-0.39, 0.29) is 29.5 Å². The zero-order valence-electron chi connectivity index (χ0n) is 12.0. The van der Waals surface area contributed by atoms with Crippen molar-refractivity contribution < 1.29 is 17.9 Å². The highest BCUT2D eigenvalue weighted by Gasteiger charge is 2.30. The van der Waals surface area contributed by atoms with Crippen molar-refractivity contribution in [3.63, 3.8) is 0 Å². The number of piperidine rings is 1. The largest absolute Gasteiger partial charge is 0.466 e. The summed E-state index contributed by atoms with van der Waals surface area (Å²) in [4.78, 5) is 16.0. The lowest BCUT2D eigenvalue weighted by Crippen LogP contribution is -2.42. The number of nitrogens with one attached hydrogen (secondary N) is 2. The molecule has 0 saturated carbocycles. The molecule has 2 N–H and O–H groups in total. The Morgan fingerprint density at radius 2 is 2.14 bits per heavy atom. The summed E-state index contributed by atoms with van der Waals surface area (Å²) in [6.45, 7) is 2.35. The monoisotopic (exact) mass is 317 g/mol. The van der Waals surface area contributed by atoms with E-state index in [1.807, 2.05) is 0 Å². The van der Waals surface area contributed by atoms with Crippen LogP contribution in [0.1, 0.15) is 19.8 Å². The zero-order valence-corrected chi connectivity index (χ0v) is 12.8. The Morgan fingerprint density at radius 1 is 1.48 bits per heavy atom. The average molecular weight is 317 g/mol. The van der Waals surface area contributed by atoms with E-state index in [9.17, 15) is 13.2 Å². The number of hydrogen-bond donors (Lipinski definition) is 2. The van der Waals surface area contributed by atoms with Gasteiger partial charge in [0.1, 0.15) is 0 Å². The SMILES string of the molecule is CCS(=O)(=O)N1CCC(C(=O)Nc2nc(OC)n[nH]2)CC1. The minimum absolute atomic E-state index is 0.0850. The maximum absolute atomic E-state index is 12.1. The van der Waals surface area contributed by atoms with Gasteiger partial charge in [0.2, 0.25) is 21.9 Å². The molecule has 118 valence electrons. The molecule has 1 aliphatic heterocycles. The summed E-state index contributed by atoms with van der Waals surface area (Å²) >= 11 is 0. The molecule has 2 rings (SSSR count). The number of amides is 1. The quantitative estimate of drug-likeness (QED) is 0.777.